The minimum Gasteiger partial charge on any atom is -0.481 e. The summed E-state index contributed by atoms with van der Waals surface area (Å²) in [5.41, 5.74) is 0. The minimum absolute atomic E-state index is 0.0440. The van der Waals surface area contributed by atoms with Crippen LogP contribution in [0, 0.1) is 0 Å². The molecule has 0 aliphatic rings. The summed E-state index contributed by atoms with van der Waals surface area (Å²) >= 11 is 0. The van der Waals surface area contributed by atoms with Crippen LogP contribution in [0.2, 0.25) is 0 Å². The third-order valence-corrected chi connectivity index (χ3v) is 1.36. The van der Waals surface area contributed by atoms with Crippen molar-refractivity contribution in [2.45, 2.75) is 18.8 Å². The molecule has 78 valence electrons. The number of carboxylic acids is 1. The normalized spacial score (nSPS) is 11.6. The molecule has 0 aromatic heterocycles. The molecule has 0 aliphatic carbocycles. The molecule has 0 saturated heterocycles. The van der Waals surface area contributed by atoms with E-state index in [1.54, 1.807) is 0 Å². The minimum atomic E-state index is -3.12. The van der Waals surface area contributed by atoms with Crippen LogP contribution >= 0.6 is 0 Å². The van der Waals surface area contributed by atoms with Crippen LogP contribution < -0.4 is 5.32 Å². The lowest BCUT2D eigenvalue weighted by Crippen LogP contribution is -2.36. The maximum absolute atomic E-state index is 12.3. The molecule has 0 heterocycles. The van der Waals surface area contributed by atoms with Crippen LogP contribution in [0.3, 0.4) is 0 Å². The molecule has 0 aliphatic heterocycles. The summed E-state index contributed by atoms with van der Waals surface area (Å²) in [4.78, 5) is 10.00. The first kappa shape index (κ1) is 12.2. The number of carboxylic acid groups (broad SMARTS) is 1. The summed E-state index contributed by atoms with van der Waals surface area (Å²) in [6.07, 6.45) is 0.258. The molecule has 4 nitrogen and oxygen atoms in total. The number of hydrogen-bond donors (Lipinski definition) is 3. The molecule has 0 fully saturated rings. The third kappa shape index (κ3) is 7.61. The number of hydrogen-bond acceptors (Lipinski definition) is 3. The molecular formula is C7H13F2NO3. The molecule has 0 unspecified atom stereocenters. The lowest BCUT2D eigenvalue weighted by atomic mass is 10.3. The van der Waals surface area contributed by atoms with E-state index in [-0.39, 0.29) is 13.0 Å². The van der Waals surface area contributed by atoms with Crippen molar-refractivity contribution < 1.29 is 23.8 Å². The molecule has 6 heteroatoms. The Labute approximate surface area is 74.6 Å². The molecule has 0 spiro atoms. The van der Waals surface area contributed by atoms with Gasteiger partial charge in [-0.2, -0.15) is 0 Å². The van der Waals surface area contributed by atoms with Crippen molar-refractivity contribution in [3.63, 3.8) is 0 Å². The first-order valence-electron chi connectivity index (χ1n) is 3.89. The maximum atomic E-state index is 12.3. The number of nitrogens with one attached hydrogen (secondary N) is 1. The summed E-state index contributed by atoms with van der Waals surface area (Å²) in [5.74, 6) is -4.07. The Morgan fingerprint density at radius 2 is 2.08 bits per heavy atom. The van der Waals surface area contributed by atoms with Crippen LogP contribution in [0.1, 0.15) is 12.8 Å². The third-order valence-electron chi connectivity index (χ3n) is 1.36. The van der Waals surface area contributed by atoms with Crippen LogP contribution in [-0.2, 0) is 4.79 Å². The maximum Gasteiger partial charge on any atom is 0.303 e. The number of alkyl halides is 2. The van der Waals surface area contributed by atoms with Gasteiger partial charge in [-0.15, -0.1) is 0 Å². The monoisotopic (exact) mass is 197 g/mol. The van der Waals surface area contributed by atoms with Crippen LogP contribution in [0.15, 0.2) is 0 Å². The number of rotatable bonds is 7. The Morgan fingerprint density at radius 1 is 1.46 bits per heavy atom. The Bertz CT molecular complexity index is 164. The summed E-state index contributed by atoms with van der Waals surface area (Å²) in [6, 6.07) is 0. The number of carbonyl (C=O) groups is 1. The van der Waals surface area contributed by atoms with E-state index >= 15 is 0 Å². The zero-order valence-electron chi connectivity index (χ0n) is 7.09. The Hall–Kier alpha value is -0.750. The van der Waals surface area contributed by atoms with E-state index in [0.29, 0.717) is 6.42 Å². The number of aliphatic hydroxyl groups is 1. The van der Waals surface area contributed by atoms with Crippen molar-refractivity contribution in [2.75, 3.05) is 19.7 Å². The lowest BCUT2D eigenvalue weighted by molar-refractivity contribution is -0.137. The molecule has 13 heavy (non-hydrogen) atoms. The summed E-state index contributed by atoms with van der Waals surface area (Å²) in [7, 11) is 0. The average molecular weight is 197 g/mol. The Balaban J connectivity index is 3.30. The predicted molar refractivity (Wildman–Crippen MR) is 41.8 cm³/mol. The van der Waals surface area contributed by atoms with Crippen molar-refractivity contribution in [2.24, 2.45) is 0 Å². The molecule has 0 radical (unpaired) electrons. The second kappa shape index (κ2) is 5.82. The zero-order chi connectivity index (χ0) is 10.3. The predicted octanol–water partition coefficient (Wildman–Crippen LogP) is 0.0684. The van der Waals surface area contributed by atoms with Gasteiger partial charge in [0.25, 0.3) is 5.92 Å². The highest BCUT2D eigenvalue weighted by Gasteiger charge is 2.26. The van der Waals surface area contributed by atoms with E-state index in [2.05, 4.69) is 5.32 Å². The number of halogens is 2. The van der Waals surface area contributed by atoms with Gasteiger partial charge in [-0.05, 0) is 13.0 Å². The number of aliphatic hydroxyl groups excluding tert-OH is 1. The molecule has 0 aromatic carbocycles. The van der Waals surface area contributed by atoms with Crippen LogP contribution in [0.4, 0.5) is 8.78 Å². The van der Waals surface area contributed by atoms with E-state index in [1.807, 2.05) is 0 Å². The molecule has 0 bridgehead atoms. The Kier molecular flexibility index (Phi) is 5.48. The fraction of sp³-hybridized carbons (Fsp3) is 0.857. The van der Waals surface area contributed by atoms with Crippen molar-refractivity contribution in [1.29, 1.82) is 0 Å². The van der Waals surface area contributed by atoms with Gasteiger partial charge in [-0.3, -0.25) is 4.79 Å². The van der Waals surface area contributed by atoms with Gasteiger partial charge in [0.15, 0.2) is 0 Å². The molecule has 0 saturated carbocycles. The number of aliphatic carboxylic acids is 1. The SMILES string of the molecule is O=C(O)CCCNCC(F)(F)CO. The second-order valence-corrected chi connectivity index (χ2v) is 2.69. The van der Waals surface area contributed by atoms with E-state index < -0.39 is 25.0 Å². The molecular weight excluding hydrogens is 184 g/mol. The van der Waals surface area contributed by atoms with Crippen LogP contribution in [-0.4, -0.2) is 41.8 Å². The molecule has 0 aromatic rings. The standard InChI is InChI=1S/C7H13F2NO3/c8-7(9,5-11)4-10-3-1-2-6(12)13/h10-11H,1-5H2,(H,12,13). The van der Waals surface area contributed by atoms with Crippen molar-refractivity contribution in [3.8, 4) is 0 Å². The highest BCUT2D eigenvalue weighted by atomic mass is 19.3. The van der Waals surface area contributed by atoms with Crippen LogP contribution in [0.5, 0.6) is 0 Å². The van der Waals surface area contributed by atoms with Gasteiger partial charge >= 0.3 is 5.97 Å². The average Bonchev–Trinajstić information content (AvgIpc) is 2.03. The smallest absolute Gasteiger partial charge is 0.303 e. The molecule has 3 N–H and O–H groups in total. The van der Waals surface area contributed by atoms with Crippen molar-refractivity contribution in [3.05, 3.63) is 0 Å². The first-order valence-corrected chi connectivity index (χ1v) is 3.89. The van der Waals surface area contributed by atoms with Gasteiger partial charge in [-0.1, -0.05) is 0 Å². The van der Waals surface area contributed by atoms with Gasteiger partial charge < -0.3 is 15.5 Å². The fourth-order valence-corrected chi connectivity index (χ4v) is 0.692. The summed E-state index contributed by atoms with van der Waals surface area (Å²) in [5, 5.41) is 18.7. The van der Waals surface area contributed by atoms with Crippen molar-refractivity contribution >= 4 is 5.97 Å². The Morgan fingerprint density at radius 3 is 2.54 bits per heavy atom. The highest BCUT2D eigenvalue weighted by Crippen LogP contribution is 2.09. The second-order valence-electron chi connectivity index (χ2n) is 2.69. The van der Waals surface area contributed by atoms with Crippen molar-refractivity contribution in [1.82, 2.24) is 5.32 Å². The highest BCUT2D eigenvalue weighted by molar-refractivity contribution is 5.66. The molecule has 0 rings (SSSR count). The van der Waals surface area contributed by atoms with Gasteiger partial charge in [-0.25, -0.2) is 8.78 Å². The van der Waals surface area contributed by atoms with E-state index in [1.165, 1.54) is 0 Å². The summed E-state index contributed by atoms with van der Waals surface area (Å²) in [6.45, 7) is -1.61. The van der Waals surface area contributed by atoms with E-state index in [9.17, 15) is 13.6 Å². The quantitative estimate of drug-likeness (QED) is 0.505. The zero-order valence-corrected chi connectivity index (χ0v) is 7.09. The van der Waals surface area contributed by atoms with Gasteiger partial charge in [0.2, 0.25) is 0 Å². The lowest BCUT2D eigenvalue weighted by Gasteiger charge is -2.13. The molecule has 0 atom stereocenters. The fourth-order valence-electron chi connectivity index (χ4n) is 0.692. The van der Waals surface area contributed by atoms with E-state index in [0.717, 1.165) is 0 Å². The van der Waals surface area contributed by atoms with Crippen LogP contribution in [0.25, 0.3) is 0 Å². The van der Waals surface area contributed by atoms with Gasteiger partial charge in [0.1, 0.15) is 6.61 Å². The first-order chi connectivity index (χ1) is 5.98. The van der Waals surface area contributed by atoms with Gasteiger partial charge in [0.05, 0.1) is 6.54 Å². The van der Waals surface area contributed by atoms with Gasteiger partial charge in [0, 0.05) is 6.42 Å². The van der Waals surface area contributed by atoms with E-state index in [4.69, 9.17) is 10.2 Å². The summed E-state index contributed by atoms with van der Waals surface area (Å²) < 4.78 is 24.6. The topological polar surface area (TPSA) is 69.6 Å². The molecule has 0 amide bonds. The largest absolute Gasteiger partial charge is 0.481 e.